The summed E-state index contributed by atoms with van der Waals surface area (Å²) in [5.41, 5.74) is 4.72. The van der Waals surface area contributed by atoms with Crippen molar-refractivity contribution in [3.63, 3.8) is 0 Å². The zero-order chi connectivity index (χ0) is 28.8. The SMILES string of the molecule is COc1ccc(CCNC(=O)[C@@H]2c3ccccc3C(=O)N(Cc3ccccc3OC)[C@H]2c2ccc(CO)cc2)cc1. The van der Waals surface area contributed by atoms with Crippen LogP contribution in [0, 0.1) is 0 Å². The fraction of sp³-hybridized carbons (Fsp3) is 0.235. The van der Waals surface area contributed by atoms with E-state index in [9.17, 15) is 14.7 Å². The molecule has 5 rings (SSSR count). The minimum Gasteiger partial charge on any atom is -0.497 e. The maximum Gasteiger partial charge on any atom is 0.255 e. The molecular formula is C34H34N2O5. The molecule has 1 aliphatic heterocycles. The Labute approximate surface area is 240 Å². The summed E-state index contributed by atoms with van der Waals surface area (Å²) >= 11 is 0. The van der Waals surface area contributed by atoms with Gasteiger partial charge in [-0.3, -0.25) is 9.59 Å². The number of carbonyl (C=O) groups excluding carboxylic acids is 2. The average Bonchev–Trinajstić information content (AvgIpc) is 3.02. The first-order chi connectivity index (χ1) is 20.0. The predicted molar refractivity (Wildman–Crippen MR) is 157 cm³/mol. The summed E-state index contributed by atoms with van der Waals surface area (Å²) in [6.45, 7) is 0.618. The second kappa shape index (κ2) is 12.7. The number of amides is 2. The van der Waals surface area contributed by atoms with Gasteiger partial charge in [-0.05, 0) is 52.9 Å². The first-order valence-corrected chi connectivity index (χ1v) is 13.7. The smallest absolute Gasteiger partial charge is 0.255 e. The Kier molecular flexibility index (Phi) is 8.65. The third-order valence-electron chi connectivity index (χ3n) is 7.63. The minimum atomic E-state index is -0.644. The van der Waals surface area contributed by atoms with E-state index in [0.717, 1.165) is 28.0 Å². The number of carbonyl (C=O) groups is 2. The molecular weight excluding hydrogens is 516 g/mol. The number of nitrogens with zero attached hydrogens (tertiary/aromatic N) is 1. The lowest BCUT2D eigenvalue weighted by Gasteiger charge is -2.42. The molecule has 4 aromatic rings. The summed E-state index contributed by atoms with van der Waals surface area (Å²) in [6.07, 6.45) is 0.657. The number of methoxy groups -OCH3 is 2. The number of aliphatic hydroxyl groups excluding tert-OH is 1. The van der Waals surface area contributed by atoms with Crippen molar-refractivity contribution in [2.75, 3.05) is 20.8 Å². The standard InChI is InChI=1S/C34H34N2O5/c1-40-27-17-13-23(14-18-27)19-20-35-33(38)31-28-8-4-5-9-29(28)34(39)36(21-26-7-3-6-10-30(26)41-2)32(31)25-15-11-24(22-37)12-16-25/h3-18,31-32,37H,19-22H2,1-2H3,(H,35,38)/t31-,32+/m1/s1. The average molecular weight is 551 g/mol. The van der Waals surface area contributed by atoms with Gasteiger partial charge in [0.15, 0.2) is 0 Å². The van der Waals surface area contributed by atoms with Crippen LogP contribution in [0.3, 0.4) is 0 Å². The van der Waals surface area contributed by atoms with E-state index in [-0.39, 0.29) is 25.0 Å². The van der Waals surface area contributed by atoms with Gasteiger partial charge in [0.1, 0.15) is 11.5 Å². The van der Waals surface area contributed by atoms with E-state index < -0.39 is 12.0 Å². The first kappa shape index (κ1) is 27.9. The van der Waals surface area contributed by atoms with E-state index in [1.165, 1.54) is 0 Å². The van der Waals surface area contributed by atoms with Crippen molar-refractivity contribution < 1.29 is 24.2 Å². The molecule has 1 heterocycles. The van der Waals surface area contributed by atoms with Gasteiger partial charge in [-0.2, -0.15) is 0 Å². The summed E-state index contributed by atoms with van der Waals surface area (Å²) in [4.78, 5) is 29.9. The molecule has 0 aliphatic carbocycles. The molecule has 0 saturated carbocycles. The number of ether oxygens (including phenoxy) is 2. The molecule has 210 valence electrons. The molecule has 0 unspecified atom stereocenters. The normalized spacial score (nSPS) is 16.2. The van der Waals surface area contributed by atoms with Crippen LogP contribution in [0.25, 0.3) is 0 Å². The van der Waals surface area contributed by atoms with E-state index in [0.29, 0.717) is 29.8 Å². The second-order valence-electron chi connectivity index (χ2n) is 10.0. The van der Waals surface area contributed by atoms with Crippen LogP contribution in [0.1, 0.15) is 50.1 Å². The molecule has 4 aromatic carbocycles. The number of para-hydroxylation sites is 1. The number of aliphatic hydroxyl groups is 1. The molecule has 0 saturated heterocycles. The van der Waals surface area contributed by atoms with E-state index >= 15 is 0 Å². The van der Waals surface area contributed by atoms with Crippen molar-refractivity contribution in [2.24, 2.45) is 0 Å². The molecule has 0 fully saturated rings. The Morgan fingerprint density at radius 1 is 0.854 bits per heavy atom. The monoisotopic (exact) mass is 550 g/mol. The van der Waals surface area contributed by atoms with Gasteiger partial charge in [-0.25, -0.2) is 0 Å². The van der Waals surface area contributed by atoms with E-state index in [1.54, 1.807) is 25.2 Å². The molecule has 1 aliphatic rings. The van der Waals surface area contributed by atoms with Crippen molar-refractivity contribution in [1.82, 2.24) is 10.2 Å². The molecule has 0 radical (unpaired) electrons. The summed E-state index contributed by atoms with van der Waals surface area (Å²) in [5.74, 6) is 0.514. The molecule has 41 heavy (non-hydrogen) atoms. The number of benzene rings is 4. The van der Waals surface area contributed by atoms with Crippen molar-refractivity contribution in [3.05, 3.63) is 130 Å². The van der Waals surface area contributed by atoms with Gasteiger partial charge < -0.3 is 24.8 Å². The Morgan fingerprint density at radius 3 is 2.24 bits per heavy atom. The lowest BCUT2D eigenvalue weighted by molar-refractivity contribution is -0.124. The molecule has 0 bridgehead atoms. The van der Waals surface area contributed by atoms with Crippen molar-refractivity contribution >= 4 is 11.8 Å². The number of fused-ring (bicyclic) bond motifs is 1. The van der Waals surface area contributed by atoms with Crippen molar-refractivity contribution in [2.45, 2.75) is 31.5 Å². The first-order valence-electron chi connectivity index (χ1n) is 13.7. The summed E-state index contributed by atoms with van der Waals surface area (Å²) in [7, 11) is 3.24. The number of rotatable bonds is 10. The molecule has 7 nitrogen and oxygen atoms in total. The third-order valence-corrected chi connectivity index (χ3v) is 7.63. The molecule has 2 atom stereocenters. The van der Waals surface area contributed by atoms with Crippen molar-refractivity contribution in [3.8, 4) is 11.5 Å². The highest BCUT2D eigenvalue weighted by molar-refractivity contribution is 6.01. The van der Waals surface area contributed by atoms with Crippen molar-refractivity contribution in [1.29, 1.82) is 0 Å². The molecule has 2 N–H and O–H groups in total. The van der Waals surface area contributed by atoms with E-state index in [4.69, 9.17) is 9.47 Å². The molecule has 0 aromatic heterocycles. The second-order valence-corrected chi connectivity index (χ2v) is 10.0. The fourth-order valence-electron chi connectivity index (χ4n) is 5.49. The highest BCUT2D eigenvalue weighted by Crippen LogP contribution is 2.44. The number of hydrogen-bond donors (Lipinski definition) is 2. The van der Waals surface area contributed by atoms with Crippen LogP contribution >= 0.6 is 0 Å². The Bertz CT molecular complexity index is 1500. The fourth-order valence-corrected chi connectivity index (χ4v) is 5.49. The summed E-state index contributed by atoms with van der Waals surface area (Å²) < 4.78 is 10.8. The molecule has 7 heteroatoms. The van der Waals surface area contributed by atoms with Gasteiger partial charge in [0.05, 0.1) is 39.3 Å². The quantitative estimate of drug-likeness (QED) is 0.289. The van der Waals surface area contributed by atoms with Crippen LogP contribution in [-0.2, 0) is 24.4 Å². The van der Waals surface area contributed by atoms with Gasteiger partial charge in [0.2, 0.25) is 5.91 Å². The Balaban J connectivity index is 1.51. The van der Waals surface area contributed by atoms with Crippen LogP contribution in [-0.4, -0.2) is 42.6 Å². The van der Waals surface area contributed by atoms with Gasteiger partial charge >= 0.3 is 0 Å². The summed E-state index contributed by atoms with van der Waals surface area (Å²) in [6, 6.07) is 29.6. The van der Waals surface area contributed by atoms with Gasteiger partial charge in [-0.1, -0.05) is 72.8 Å². The van der Waals surface area contributed by atoms with Crippen LogP contribution < -0.4 is 14.8 Å². The Hall–Kier alpha value is -4.62. The van der Waals surface area contributed by atoms with E-state index in [1.807, 2.05) is 91.0 Å². The highest BCUT2D eigenvalue weighted by atomic mass is 16.5. The maximum absolute atomic E-state index is 14.1. The zero-order valence-electron chi connectivity index (χ0n) is 23.2. The van der Waals surface area contributed by atoms with Gasteiger partial charge in [0.25, 0.3) is 5.91 Å². The van der Waals surface area contributed by atoms with Crippen LogP contribution in [0.4, 0.5) is 0 Å². The summed E-state index contributed by atoms with van der Waals surface area (Å²) in [5, 5.41) is 12.8. The van der Waals surface area contributed by atoms with Gasteiger partial charge in [-0.15, -0.1) is 0 Å². The number of hydrogen-bond acceptors (Lipinski definition) is 5. The minimum absolute atomic E-state index is 0.0904. The van der Waals surface area contributed by atoms with Crippen LogP contribution in [0.5, 0.6) is 11.5 Å². The topological polar surface area (TPSA) is 88.1 Å². The number of nitrogens with one attached hydrogen (secondary N) is 1. The predicted octanol–water partition coefficient (Wildman–Crippen LogP) is 5.04. The molecule has 0 spiro atoms. The lowest BCUT2D eigenvalue weighted by atomic mass is 9.78. The largest absolute Gasteiger partial charge is 0.497 e. The van der Waals surface area contributed by atoms with Gasteiger partial charge in [0, 0.05) is 17.7 Å². The maximum atomic E-state index is 14.1. The zero-order valence-corrected chi connectivity index (χ0v) is 23.2. The molecule has 2 amide bonds. The van der Waals surface area contributed by atoms with Crippen LogP contribution in [0.15, 0.2) is 97.1 Å². The highest BCUT2D eigenvalue weighted by Gasteiger charge is 2.44. The lowest BCUT2D eigenvalue weighted by Crippen LogP contribution is -2.47. The Morgan fingerprint density at radius 2 is 1.54 bits per heavy atom. The third kappa shape index (κ3) is 5.95. The van der Waals surface area contributed by atoms with Crippen LogP contribution in [0.2, 0.25) is 0 Å². The van der Waals surface area contributed by atoms with E-state index in [2.05, 4.69) is 5.32 Å².